The zero-order chi connectivity index (χ0) is 11.4. The van der Waals surface area contributed by atoms with Crippen molar-refractivity contribution in [1.29, 1.82) is 0 Å². The van der Waals surface area contributed by atoms with Gasteiger partial charge < -0.3 is 14.9 Å². The van der Waals surface area contributed by atoms with E-state index in [1.807, 2.05) is 0 Å². The van der Waals surface area contributed by atoms with Gasteiger partial charge in [0.15, 0.2) is 5.75 Å². The molecule has 0 radical (unpaired) electrons. The fourth-order valence-corrected chi connectivity index (χ4v) is 2.82. The van der Waals surface area contributed by atoms with Gasteiger partial charge >= 0.3 is 0 Å². The number of rotatable bonds is 4. The summed E-state index contributed by atoms with van der Waals surface area (Å²) in [7, 11) is 1.54. The molecule has 0 atom stereocenters. The molecule has 0 bridgehead atoms. The summed E-state index contributed by atoms with van der Waals surface area (Å²) >= 11 is 6.62. The third-order valence-electron chi connectivity index (χ3n) is 2.04. The van der Waals surface area contributed by atoms with Crippen molar-refractivity contribution in [3.05, 3.63) is 20.6 Å². The van der Waals surface area contributed by atoms with Crippen LogP contribution in [-0.4, -0.2) is 23.9 Å². The Balaban J connectivity index is 3.10. The molecule has 0 fully saturated rings. The van der Waals surface area contributed by atoms with E-state index in [1.54, 1.807) is 6.07 Å². The quantitative estimate of drug-likeness (QED) is 0.886. The molecule has 0 heterocycles. The minimum absolute atomic E-state index is 0.112. The molecule has 1 rings (SSSR count). The van der Waals surface area contributed by atoms with Gasteiger partial charge in [0, 0.05) is 6.61 Å². The summed E-state index contributed by atoms with van der Waals surface area (Å²) in [6.45, 7) is 0.112. The molecule has 0 saturated carbocycles. The van der Waals surface area contributed by atoms with Crippen LogP contribution in [0.25, 0.3) is 0 Å². The zero-order valence-corrected chi connectivity index (χ0v) is 11.4. The molecule has 0 spiro atoms. The number of phenolic OH excluding ortho intramolecular Hbond substituents is 1. The lowest BCUT2D eigenvalue weighted by Gasteiger charge is -2.11. The molecule has 0 unspecified atom stereocenters. The van der Waals surface area contributed by atoms with Crippen molar-refractivity contribution < 1.29 is 14.9 Å². The molecular formula is C10H12Br2O3. The second-order valence-electron chi connectivity index (χ2n) is 3.04. The Kier molecular flexibility index (Phi) is 4.89. The zero-order valence-electron chi connectivity index (χ0n) is 8.26. The van der Waals surface area contributed by atoms with Crippen LogP contribution in [0, 0.1) is 0 Å². The lowest BCUT2D eigenvalue weighted by Crippen LogP contribution is -1.94. The molecule has 0 amide bonds. The van der Waals surface area contributed by atoms with Crippen LogP contribution in [0.5, 0.6) is 11.5 Å². The van der Waals surface area contributed by atoms with Crippen molar-refractivity contribution in [2.45, 2.75) is 12.8 Å². The lowest BCUT2D eigenvalue weighted by molar-refractivity contribution is 0.288. The summed E-state index contributed by atoms with van der Waals surface area (Å²) in [6, 6.07) is 1.80. The predicted molar refractivity (Wildman–Crippen MR) is 65.5 cm³/mol. The maximum atomic E-state index is 9.83. The van der Waals surface area contributed by atoms with E-state index in [-0.39, 0.29) is 12.4 Å². The summed E-state index contributed by atoms with van der Waals surface area (Å²) in [5.74, 6) is 0.740. The number of phenols is 1. The maximum absolute atomic E-state index is 9.83. The van der Waals surface area contributed by atoms with Gasteiger partial charge in [0.2, 0.25) is 0 Å². The molecule has 3 nitrogen and oxygen atoms in total. The Morgan fingerprint density at radius 1 is 1.40 bits per heavy atom. The summed E-state index contributed by atoms with van der Waals surface area (Å²) in [5.41, 5.74) is 0.781. The number of aliphatic hydroxyl groups is 1. The molecule has 0 aliphatic rings. The molecule has 0 saturated heterocycles. The van der Waals surface area contributed by atoms with Crippen LogP contribution < -0.4 is 4.74 Å². The van der Waals surface area contributed by atoms with Gasteiger partial charge in [-0.1, -0.05) is 0 Å². The third-order valence-corrected chi connectivity index (χ3v) is 3.36. The Morgan fingerprint density at radius 3 is 2.60 bits per heavy atom. The minimum Gasteiger partial charge on any atom is -0.506 e. The van der Waals surface area contributed by atoms with E-state index in [0.717, 1.165) is 10.0 Å². The number of ether oxygens (including phenoxy) is 1. The maximum Gasteiger partial charge on any atom is 0.150 e. The largest absolute Gasteiger partial charge is 0.506 e. The van der Waals surface area contributed by atoms with Gasteiger partial charge in [-0.2, -0.15) is 0 Å². The van der Waals surface area contributed by atoms with Crippen LogP contribution in [-0.2, 0) is 6.42 Å². The van der Waals surface area contributed by atoms with Gasteiger partial charge in [0.25, 0.3) is 0 Å². The fourth-order valence-electron chi connectivity index (χ4n) is 1.29. The Morgan fingerprint density at radius 2 is 2.07 bits per heavy atom. The minimum atomic E-state index is 0.112. The first kappa shape index (κ1) is 12.8. The van der Waals surface area contributed by atoms with Gasteiger partial charge in [-0.3, -0.25) is 0 Å². The first-order valence-corrected chi connectivity index (χ1v) is 6.05. The Labute approximate surface area is 105 Å². The molecule has 0 aromatic heterocycles. The molecule has 1 aromatic carbocycles. The molecule has 0 aliphatic heterocycles. The molecule has 84 valence electrons. The summed E-state index contributed by atoms with van der Waals surface area (Å²) < 4.78 is 6.43. The topological polar surface area (TPSA) is 49.7 Å². The first-order chi connectivity index (χ1) is 7.11. The molecule has 2 N–H and O–H groups in total. The third kappa shape index (κ3) is 2.86. The van der Waals surface area contributed by atoms with Gasteiger partial charge in [-0.15, -0.1) is 0 Å². The highest BCUT2D eigenvalue weighted by Crippen LogP contribution is 2.42. The molecule has 1 aromatic rings. The van der Waals surface area contributed by atoms with Gasteiger partial charge in [-0.25, -0.2) is 0 Å². The van der Waals surface area contributed by atoms with Crippen molar-refractivity contribution in [1.82, 2.24) is 0 Å². The smallest absolute Gasteiger partial charge is 0.150 e. The molecular weight excluding hydrogens is 328 g/mol. The van der Waals surface area contributed by atoms with Gasteiger partial charge in [-0.05, 0) is 56.3 Å². The number of methoxy groups -OCH3 is 1. The highest BCUT2D eigenvalue weighted by atomic mass is 79.9. The number of halogens is 2. The van der Waals surface area contributed by atoms with E-state index in [4.69, 9.17) is 9.84 Å². The van der Waals surface area contributed by atoms with Crippen LogP contribution in [0.4, 0.5) is 0 Å². The Bertz CT molecular complexity index is 353. The van der Waals surface area contributed by atoms with Crippen molar-refractivity contribution in [2.24, 2.45) is 0 Å². The highest BCUT2D eigenvalue weighted by molar-refractivity contribution is 9.11. The number of benzene rings is 1. The summed E-state index contributed by atoms with van der Waals surface area (Å²) in [4.78, 5) is 0. The van der Waals surface area contributed by atoms with E-state index in [0.29, 0.717) is 23.1 Å². The summed E-state index contributed by atoms with van der Waals surface area (Å²) in [6.07, 6.45) is 1.25. The fraction of sp³-hybridized carbons (Fsp3) is 0.400. The second-order valence-corrected chi connectivity index (χ2v) is 4.69. The van der Waals surface area contributed by atoms with E-state index >= 15 is 0 Å². The van der Waals surface area contributed by atoms with Crippen LogP contribution in [0.15, 0.2) is 15.0 Å². The number of aromatic hydroxyl groups is 1. The van der Waals surface area contributed by atoms with Crippen LogP contribution in [0.1, 0.15) is 12.0 Å². The molecule has 15 heavy (non-hydrogen) atoms. The average Bonchev–Trinajstić information content (AvgIpc) is 2.22. The van der Waals surface area contributed by atoms with Crippen LogP contribution in [0.3, 0.4) is 0 Å². The van der Waals surface area contributed by atoms with E-state index in [9.17, 15) is 5.11 Å². The van der Waals surface area contributed by atoms with Crippen molar-refractivity contribution in [3.63, 3.8) is 0 Å². The standard InChI is InChI=1S/C10H12Br2O3/c1-15-10-7(11)5-6(3-2-4-13)9(14)8(10)12/h5,13-14H,2-4H2,1H3. The van der Waals surface area contributed by atoms with E-state index in [1.165, 1.54) is 7.11 Å². The van der Waals surface area contributed by atoms with Gasteiger partial charge in [0.05, 0.1) is 11.6 Å². The number of aliphatic hydroxyl groups excluding tert-OH is 1. The van der Waals surface area contributed by atoms with E-state index < -0.39 is 0 Å². The lowest BCUT2D eigenvalue weighted by atomic mass is 10.1. The second kappa shape index (κ2) is 5.72. The van der Waals surface area contributed by atoms with E-state index in [2.05, 4.69) is 31.9 Å². The van der Waals surface area contributed by atoms with Gasteiger partial charge in [0.1, 0.15) is 10.2 Å². The normalized spacial score (nSPS) is 10.4. The predicted octanol–water partition coefficient (Wildman–Crippen LogP) is 2.85. The first-order valence-electron chi connectivity index (χ1n) is 4.46. The number of hydrogen-bond acceptors (Lipinski definition) is 3. The van der Waals surface area contributed by atoms with Crippen molar-refractivity contribution >= 4 is 31.9 Å². The van der Waals surface area contributed by atoms with Crippen LogP contribution in [0.2, 0.25) is 0 Å². The average molecular weight is 340 g/mol. The Hall–Kier alpha value is -0.260. The summed E-state index contributed by atoms with van der Waals surface area (Å²) in [5, 5.41) is 18.6. The van der Waals surface area contributed by atoms with Crippen LogP contribution >= 0.6 is 31.9 Å². The number of aryl methyl sites for hydroxylation is 1. The molecule has 5 heteroatoms. The number of hydrogen-bond donors (Lipinski definition) is 2. The highest BCUT2D eigenvalue weighted by Gasteiger charge is 2.14. The monoisotopic (exact) mass is 338 g/mol. The van der Waals surface area contributed by atoms with Crippen molar-refractivity contribution in [3.8, 4) is 11.5 Å². The SMILES string of the molecule is COc1c(Br)cc(CCCO)c(O)c1Br. The van der Waals surface area contributed by atoms with Crippen molar-refractivity contribution in [2.75, 3.05) is 13.7 Å². The molecule has 0 aliphatic carbocycles.